The first-order valence-corrected chi connectivity index (χ1v) is 3.38. The van der Waals surface area contributed by atoms with Gasteiger partial charge in [-0.2, -0.15) is 0 Å². The summed E-state index contributed by atoms with van der Waals surface area (Å²) in [6, 6.07) is 0. The average molecular weight is 158 g/mol. The van der Waals surface area contributed by atoms with Gasteiger partial charge in [-0.15, -0.1) is 0 Å². The lowest BCUT2D eigenvalue weighted by Crippen LogP contribution is -2.22. The molecule has 0 aromatic carbocycles. The summed E-state index contributed by atoms with van der Waals surface area (Å²) in [4.78, 5) is 10.8. The fraction of sp³-hybridized carbons (Fsp3) is 0.625. The van der Waals surface area contributed by atoms with E-state index in [9.17, 15) is 4.79 Å². The number of carbonyl (C=O) groups excluding carboxylic acids is 1. The van der Waals surface area contributed by atoms with E-state index in [-0.39, 0.29) is 5.97 Å². The second-order valence-electron chi connectivity index (χ2n) is 3.07. The smallest absolute Gasteiger partial charge is 0.334 e. The van der Waals surface area contributed by atoms with Gasteiger partial charge in [0.05, 0.1) is 19.4 Å². The van der Waals surface area contributed by atoms with Crippen molar-refractivity contribution in [3.63, 3.8) is 0 Å². The van der Waals surface area contributed by atoms with Gasteiger partial charge in [-0.1, -0.05) is 0 Å². The lowest BCUT2D eigenvalue weighted by Gasteiger charge is -2.17. The summed E-state index contributed by atoms with van der Waals surface area (Å²) in [6.07, 6.45) is 2.53. The lowest BCUT2D eigenvalue weighted by atomic mass is 10.2. The molecule has 0 aromatic rings. The topological polar surface area (TPSA) is 35.5 Å². The Kier molecular flexibility index (Phi) is 3.65. The summed E-state index contributed by atoms with van der Waals surface area (Å²) >= 11 is 0. The zero-order chi connectivity index (χ0) is 8.91. The average Bonchev–Trinajstić information content (AvgIpc) is 1.79. The highest BCUT2D eigenvalue weighted by molar-refractivity contribution is 5.81. The zero-order valence-electron chi connectivity index (χ0n) is 7.38. The van der Waals surface area contributed by atoms with Crippen LogP contribution in [0.15, 0.2) is 12.3 Å². The zero-order valence-corrected chi connectivity index (χ0v) is 7.38. The first kappa shape index (κ1) is 10.0. The Morgan fingerprint density at radius 2 is 1.91 bits per heavy atom. The van der Waals surface area contributed by atoms with Crippen molar-refractivity contribution in [3.8, 4) is 0 Å². The maximum absolute atomic E-state index is 10.8. The first-order valence-electron chi connectivity index (χ1n) is 3.38. The maximum atomic E-state index is 10.8. The SMILES string of the molecule is COC=CC(=O)OC(C)(C)C. The van der Waals surface area contributed by atoms with Crippen LogP contribution in [0.25, 0.3) is 0 Å². The van der Waals surface area contributed by atoms with Gasteiger partial charge in [0.1, 0.15) is 5.60 Å². The number of rotatable bonds is 2. The first-order chi connectivity index (χ1) is 4.95. The highest BCUT2D eigenvalue weighted by Gasteiger charge is 2.13. The highest BCUT2D eigenvalue weighted by Crippen LogP contribution is 2.06. The van der Waals surface area contributed by atoms with Gasteiger partial charge in [0, 0.05) is 0 Å². The van der Waals surface area contributed by atoms with Gasteiger partial charge in [-0.3, -0.25) is 0 Å². The molecule has 0 aliphatic carbocycles. The van der Waals surface area contributed by atoms with Crippen LogP contribution in [-0.4, -0.2) is 18.7 Å². The van der Waals surface area contributed by atoms with Gasteiger partial charge >= 0.3 is 5.97 Å². The number of methoxy groups -OCH3 is 1. The van der Waals surface area contributed by atoms with Gasteiger partial charge in [-0.05, 0) is 20.8 Å². The maximum Gasteiger partial charge on any atom is 0.334 e. The van der Waals surface area contributed by atoms with E-state index in [0.29, 0.717) is 0 Å². The predicted octanol–water partition coefficient (Wildman–Crippen LogP) is 1.49. The Balaban J connectivity index is 3.80. The molecule has 0 aliphatic rings. The van der Waals surface area contributed by atoms with Crippen molar-refractivity contribution < 1.29 is 14.3 Å². The quantitative estimate of drug-likeness (QED) is 0.347. The largest absolute Gasteiger partial charge is 0.504 e. The van der Waals surface area contributed by atoms with Crippen molar-refractivity contribution in [1.29, 1.82) is 0 Å². The summed E-state index contributed by atoms with van der Waals surface area (Å²) in [5.41, 5.74) is -0.435. The molecule has 0 amide bonds. The molecule has 0 saturated heterocycles. The number of esters is 1. The van der Waals surface area contributed by atoms with Crippen molar-refractivity contribution >= 4 is 5.97 Å². The molecule has 0 aromatic heterocycles. The van der Waals surface area contributed by atoms with E-state index in [1.54, 1.807) is 0 Å². The number of ether oxygens (including phenoxy) is 2. The third-order valence-electron chi connectivity index (χ3n) is 0.747. The van der Waals surface area contributed by atoms with Crippen LogP contribution in [0.2, 0.25) is 0 Å². The van der Waals surface area contributed by atoms with E-state index in [4.69, 9.17) is 4.74 Å². The van der Waals surface area contributed by atoms with Gasteiger partial charge in [0.25, 0.3) is 0 Å². The lowest BCUT2D eigenvalue weighted by molar-refractivity contribution is -0.148. The van der Waals surface area contributed by atoms with E-state index in [1.165, 1.54) is 19.4 Å². The second-order valence-corrected chi connectivity index (χ2v) is 3.07. The molecule has 3 heteroatoms. The third-order valence-corrected chi connectivity index (χ3v) is 0.747. The molecule has 64 valence electrons. The third kappa shape index (κ3) is 6.90. The predicted molar refractivity (Wildman–Crippen MR) is 42.0 cm³/mol. The van der Waals surface area contributed by atoms with Crippen LogP contribution in [0, 0.1) is 0 Å². The summed E-state index contributed by atoms with van der Waals surface area (Å²) in [6.45, 7) is 5.43. The molecular weight excluding hydrogens is 144 g/mol. The Bertz CT molecular complexity index is 153. The molecule has 11 heavy (non-hydrogen) atoms. The van der Waals surface area contributed by atoms with Crippen molar-refractivity contribution in [3.05, 3.63) is 12.3 Å². The van der Waals surface area contributed by atoms with Crippen LogP contribution in [0.4, 0.5) is 0 Å². The fourth-order valence-corrected chi connectivity index (χ4v) is 0.459. The summed E-state index contributed by atoms with van der Waals surface area (Å²) in [5, 5.41) is 0. The molecule has 0 aliphatic heterocycles. The van der Waals surface area contributed by atoms with Crippen LogP contribution in [0.1, 0.15) is 20.8 Å². The Labute approximate surface area is 67.0 Å². The molecule has 0 rings (SSSR count). The molecule has 3 nitrogen and oxygen atoms in total. The Hall–Kier alpha value is -0.990. The molecular formula is C8H14O3. The van der Waals surface area contributed by atoms with E-state index in [2.05, 4.69) is 4.74 Å². The summed E-state index contributed by atoms with van der Waals surface area (Å²) in [7, 11) is 1.47. The monoisotopic (exact) mass is 158 g/mol. The van der Waals surface area contributed by atoms with Gasteiger partial charge in [0.2, 0.25) is 0 Å². The molecule has 0 heterocycles. The van der Waals surface area contributed by atoms with E-state index in [1.807, 2.05) is 20.8 Å². The van der Waals surface area contributed by atoms with Crippen molar-refractivity contribution in [2.24, 2.45) is 0 Å². The van der Waals surface area contributed by atoms with Gasteiger partial charge in [-0.25, -0.2) is 4.79 Å². The summed E-state index contributed by atoms with van der Waals surface area (Å²) in [5.74, 6) is -0.389. The standard InChI is InChI=1S/C8H14O3/c1-8(2,3)11-7(9)5-6-10-4/h5-6H,1-4H3. The minimum absolute atomic E-state index is 0.389. The van der Waals surface area contributed by atoms with E-state index < -0.39 is 5.60 Å². The highest BCUT2D eigenvalue weighted by atomic mass is 16.6. The molecule has 0 N–H and O–H groups in total. The molecule has 0 spiro atoms. The van der Waals surface area contributed by atoms with Crippen molar-refractivity contribution in [2.75, 3.05) is 7.11 Å². The second kappa shape index (κ2) is 4.01. The van der Waals surface area contributed by atoms with Crippen LogP contribution < -0.4 is 0 Å². The van der Waals surface area contributed by atoms with Gasteiger partial charge < -0.3 is 9.47 Å². The molecule has 0 radical (unpaired) electrons. The van der Waals surface area contributed by atoms with Crippen LogP contribution in [0.5, 0.6) is 0 Å². The normalized spacial score (nSPS) is 11.6. The number of hydrogen-bond donors (Lipinski definition) is 0. The molecule has 0 atom stereocenters. The number of carbonyl (C=O) groups is 1. The van der Waals surface area contributed by atoms with Crippen molar-refractivity contribution in [1.82, 2.24) is 0 Å². The fourth-order valence-electron chi connectivity index (χ4n) is 0.459. The minimum atomic E-state index is -0.435. The molecule has 0 unspecified atom stereocenters. The Morgan fingerprint density at radius 3 is 2.27 bits per heavy atom. The van der Waals surface area contributed by atoms with Gasteiger partial charge in [0.15, 0.2) is 0 Å². The minimum Gasteiger partial charge on any atom is -0.504 e. The number of hydrogen-bond acceptors (Lipinski definition) is 3. The molecule has 0 bridgehead atoms. The van der Waals surface area contributed by atoms with E-state index >= 15 is 0 Å². The van der Waals surface area contributed by atoms with E-state index in [0.717, 1.165) is 0 Å². The Morgan fingerprint density at radius 1 is 1.36 bits per heavy atom. The van der Waals surface area contributed by atoms with Crippen LogP contribution in [-0.2, 0) is 14.3 Å². The van der Waals surface area contributed by atoms with Crippen LogP contribution >= 0.6 is 0 Å². The molecule has 0 fully saturated rings. The summed E-state index contributed by atoms with van der Waals surface area (Å²) < 4.78 is 9.48. The van der Waals surface area contributed by atoms with Crippen molar-refractivity contribution in [2.45, 2.75) is 26.4 Å². The molecule has 0 saturated carbocycles. The van der Waals surface area contributed by atoms with Crippen LogP contribution in [0.3, 0.4) is 0 Å².